The molecule has 0 radical (unpaired) electrons. The number of aryl methyl sites for hydroxylation is 2. The molecule has 0 atom stereocenters. The largest absolute Gasteiger partial charge is 0.370 e. The summed E-state index contributed by atoms with van der Waals surface area (Å²) in [7, 11) is 1.95. The van der Waals surface area contributed by atoms with Crippen molar-refractivity contribution in [3.63, 3.8) is 0 Å². The fourth-order valence-electron chi connectivity index (χ4n) is 3.71. The SMILES string of the molecule is Cc1ccc(COCc2nn(C)c3c2CN(C(=O)c2ccccc2Cl)CC3)cc1. The van der Waals surface area contributed by atoms with E-state index in [1.165, 1.54) is 11.3 Å². The average Bonchev–Trinajstić information content (AvgIpc) is 3.04. The van der Waals surface area contributed by atoms with Gasteiger partial charge in [0.2, 0.25) is 0 Å². The molecule has 1 amide bonds. The van der Waals surface area contributed by atoms with Crippen LogP contribution >= 0.6 is 11.6 Å². The van der Waals surface area contributed by atoms with Crippen LogP contribution < -0.4 is 0 Å². The first-order valence-electron chi connectivity index (χ1n) is 9.73. The maximum Gasteiger partial charge on any atom is 0.255 e. The highest BCUT2D eigenvalue weighted by Gasteiger charge is 2.28. The van der Waals surface area contributed by atoms with Crippen molar-refractivity contribution in [3.8, 4) is 0 Å². The molecule has 0 saturated heterocycles. The first-order valence-corrected chi connectivity index (χ1v) is 10.1. The number of fused-ring (bicyclic) bond motifs is 1. The summed E-state index contributed by atoms with van der Waals surface area (Å²) < 4.78 is 7.84. The Kier molecular flexibility index (Phi) is 5.69. The van der Waals surface area contributed by atoms with Gasteiger partial charge in [0.1, 0.15) is 0 Å². The molecule has 0 aliphatic carbocycles. The van der Waals surface area contributed by atoms with E-state index in [1.54, 1.807) is 12.1 Å². The van der Waals surface area contributed by atoms with Gasteiger partial charge in [-0.3, -0.25) is 9.48 Å². The fourth-order valence-corrected chi connectivity index (χ4v) is 3.93. The highest BCUT2D eigenvalue weighted by atomic mass is 35.5. The second kappa shape index (κ2) is 8.39. The van der Waals surface area contributed by atoms with Crippen molar-refractivity contribution in [3.05, 3.63) is 87.2 Å². The molecular formula is C23H24ClN3O2. The highest BCUT2D eigenvalue weighted by molar-refractivity contribution is 6.33. The van der Waals surface area contributed by atoms with Gasteiger partial charge in [0.05, 0.1) is 29.5 Å². The molecule has 0 N–H and O–H groups in total. The lowest BCUT2D eigenvalue weighted by Gasteiger charge is -2.28. The molecule has 6 heteroatoms. The summed E-state index contributed by atoms with van der Waals surface area (Å²) in [5.41, 5.74) is 6.06. The minimum Gasteiger partial charge on any atom is -0.370 e. The summed E-state index contributed by atoms with van der Waals surface area (Å²) in [6.45, 7) is 4.20. The smallest absolute Gasteiger partial charge is 0.255 e. The predicted octanol–water partition coefficient (Wildman–Crippen LogP) is 4.30. The third kappa shape index (κ3) is 4.21. The molecule has 2 aromatic carbocycles. The van der Waals surface area contributed by atoms with Gasteiger partial charge in [-0.15, -0.1) is 0 Å². The summed E-state index contributed by atoms with van der Waals surface area (Å²) in [5, 5.41) is 5.13. The van der Waals surface area contributed by atoms with E-state index in [2.05, 4.69) is 36.3 Å². The number of carbonyl (C=O) groups excluding carboxylic acids is 1. The lowest BCUT2D eigenvalue weighted by Crippen LogP contribution is -2.36. The van der Waals surface area contributed by atoms with Gasteiger partial charge in [-0.1, -0.05) is 53.6 Å². The van der Waals surface area contributed by atoms with E-state index >= 15 is 0 Å². The molecule has 3 aromatic rings. The van der Waals surface area contributed by atoms with E-state index in [-0.39, 0.29) is 5.91 Å². The van der Waals surface area contributed by atoms with Crippen molar-refractivity contribution in [2.24, 2.45) is 7.05 Å². The molecule has 29 heavy (non-hydrogen) atoms. The van der Waals surface area contributed by atoms with E-state index < -0.39 is 0 Å². The van der Waals surface area contributed by atoms with Crippen LogP contribution in [0.3, 0.4) is 0 Å². The summed E-state index contributed by atoms with van der Waals surface area (Å²) in [4.78, 5) is 14.8. The van der Waals surface area contributed by atoms with Gasteiger partial charge in [0.25, 0.3) is 5.91 Å². The van der Waals surface area contributed by atoms with Crippen LogP contribution in [0.25, 0.3) is 0 Å². The minimum absolute atomic E-state index is 0.0448. The normalized spacial score (nSPS) is 13.4. The zero-order chi connectivity index (χ0) is 20.4. The van der Waals surface area contributed by atoms with Gasteiger partial charge < -0.3 is 9.64 Å². The lowest BCUT2D eigenvalue weighted by molar-refractivity contribution is 0.0728. The zero-order valence-corrected chi connectivity index (χ0v) is 17.4. The minimum atomic E-state index is -0.0448. The summed E-state index contributed by atoms with van der Waals surface area (Å²) >= 11 is 6.23. The number of hydrogen-bond donors (Lipinski definition) is 0. The van der Waals surface area contributed by atoms with Crippen molar-refractivity contribution < 1.29 is 9.53 Å². The second-order valence-corrected chi connectivity index (χ2v) is 7.84. The molecule has 1 aliphatic rings. The predicted molar refractivity (Wildman–Crippen MR) is 113 cm³/mol. The molecule has 5 nitrogen and oxygen atoms in total. The monoisotopic (exact) mass is 409 g/mol. The van der Waals surface area contributed by atoms with Gasteiger partial charge >= 0.3 is 0 Å². The Morgan fingerprint density at radius 1 is 1.14 bits per heavy atom. The van der Waals surface area contributed by atoms with Crippen molar-refractivity contribution in [1.29, 1.82) is 0 Å². The molecule has 0 bridgehead atoms. The van der Waals surface area contributed by atoms with Crippen LogP contribution in [0.5, 0.6) is 0 Å². The van der Waals surface area contributed by atoms with E-state index in [9.17, 15) is 4.79 Å². The van der Waals surface area contributed by atoms with E-state index in [1.807, 2.05) is 28.8 Å². The van der Waals surface area contributed by atoms with Crippen LogP contribution in [0, 0.1) is 6.92 Å². The Morgan fingerprint density at radius 2 is 1.90 bits per heavy atom. The lowest BCUT2D eigenvalue weighted by atomic mass is 10.0. The van der Waals surface area contributed by atoms with E-state index in [0.29, 0.717) is 36.9 Å². The first-order chi connectivity index (χ1) is 14.0. The Labute approximate surface area is 175 Å². The standard InChI is InChI=1S/C23H24ClN3O2/c1-16-7-9-17(10-8-16)14-29-15-21-19-13-27(12-11-22(19)26(2)25-21)23(28)18-5-3-4-6-20(18)24/h3-10H,11-15H2,1-2H3. The van der Waals surface area contributed by atoms with E-state index in [0.717, 1.165) is 23.2 Å². The van der Waals surface area contributed by atoms with Gasteiger partial charge in [-0.05, 0) is 24.6 Å². The summed E-state index contributed by atoms with van der Waals surface area (Å²) in [6, 6.07) is 15.5. The number of aromatic nitrogens is 2. The number of ether oxygens (including phenoxy) is 1. The first kappa shape index (κ1) is 19.7. The Morgan fingerprint density at radius 3 is 2.66 bits per heavy atom. The van der Waals surface area contributed by atoms with Crippen LogP contribution in [0.1, 0.15) is 38.4 Å². The second-order valence-electron chi connectivity index (χ2n) is 7.43. The number of rotatable bonds is 5. The van der Waals surface area contributed by atoms with Crippen molar-refractivity contribution in [2.75, 3.05) is 6.54 Å². The van der Waals surface area contributed by atoms with Crippen LogP contribution in [-0.2, 0) is 38.0 Å². The molecule has 1 aromatic heterocycles. The summed E-state index contributed by atoms with van der Waals surface area (Å²) in [6.07, 6.45) is 0.771. The summed E-state index contributed by atoms with van der Waals surface area (Å²) in [5.74, 6) is -0.0448. The molecule has 0 fully saturated rings. The average molecular weight is 410 g/mol. The molecule has 1 aliphatic heterocycles. The maximum absolute atomic E-state index is 13.0. The topological polar surface area (TPSA) is 47.4 Å². The molecule has 0 unspecified atom stereocenters. The van der Waals surface area contributed by atoms with Gasteiger partial charge in [-0.25, -0.2) is 0 Å². The molecule has 0 saturated carbocycles. The number of halogens is 1. The van der Waals surface area contributed by atoms with Crippen LogP contribution in [0.15, 0.2) is 48.5 Å². The van der Waals surface area contributed by atoms with Gasteiger partial charge in [0, 0.05) is 37.8 Å². The van der Waals surface area contributed by atoms with Crippen molar-refractivity contribution in [1.82, 2.24) is 14.7 Å². The van der Waals surface area contributed by atoms with Gasteiger partial charge in [-0.2, -0.15) is 5.10 Å². The van der Waals surface area contributed by atoms with Crippen LogP contribution in [-0.4, -0.2) is 27.1 Å². The maximum atomic E-state index is 13.0. The van der Waals surface area contributed by atoms with Gasteiger partial charge in [0.15, 0.2) is 0 Å². The number of benzene rings is 2. The number of nitrogens with zero attached hydrogens (tertiary/aromatic N) is 3. The van der Waals surface area contributed by atoms with Crippen molar-refractivity contribution >= 4 is 17.5 Å². The number of carbonyl (C=O) groups is 1. The molecule has 4 rings (SSSR count). The molecule has 2 heterocycles. The van der Waals surface area contributed by atoms with Crippen molar-refractivity contribution in [2.45, 2.75) is 33.1 Å². The molecular weight excluding hydrogens is 386 g/mol. The Bertz CT molecular complexity index is 1030. The highest BCUT2D eigenvalue weighted by Crippen LogP contribution is 2.26. The Hall–Kier alpha value is -2.63. The van der Waals surface area contributed by atoms with E-state index in [4.69, 9.17) is 16.3 Å². The molecule has 0 spiro atoms. The Balaban J connectivity index is 1.47. The molecule has 150 valence electrons. The third-order valence-electron chi connectivity index (χ3n) is 5.35. The van der Waals surface area contributed by atoms with Crippen LogP contribution in [0.2, 0.25) is 5.02 Å². The number of hydrogen-bond acceptors (Lipinski definition) is 3. The number of amides is 1. The third-order valence-corrected chi connectivity index (χ3v) is 5.67. The fraction of sp³-hybridized carbons (Fsp3) is 0.304. The van der Waals surface area contributed by atoms with Crippen LogP contribution in [0.4, 0.5) is 0 Å². The quantitative estimate of drug-likeness (QED) is 0.631. The zero-order valence-electron chi connectivity index (χ0n) is 16.7.